The highest BCUT2D eigenvalue weighted by Crippen LogP contribution is 2.36. The molecule has 1 fully saturated rings. The minimum atomic E-state index is -4.64. The van der Waals surface area contributed by atoms with E-state index in [2.05, 4.69) is 4.98 Å². The van der Waals surface area contributed by atoms with Gasteiger partial charge < -0.3 is 9.80 Å². The Balaban J connectivity index is 1.84. The van der Waals surface area contributed by atoms with Crippen LogP contribution in [0, 0.1) is 16.6 Å². The molecule has 1 unspecified atom stereocenters. The molecule has 1 saturated heterocycles. The van der Waals surface area contributed by atoms with Gasteiger partial charge in [-0.25, -0.2) is 4.39 Å². The molecule has 2 aromatic rings. The Bertz CT molecular complexity index is 1030. The molecular weight excluding hydrogens is 426 g/mol. The largest absolute Gasteiger partial charge is 0.417 e. The molecule has 30 heavy (non-hydrogen) atoms. The van der Waals surface area contributed by atoms with E-state index in [4.69, 9.17) is 22.4 Å². The van der Waals surface area contributed by atoms with Gasteiger partial charge >= 0.3 is 6.18 Å². The fourth-order valence-corrected chi connectivity index (χ4v) is 3.43. The van der Waals surface area contributed by atoms with E-state index < -0.39 is 40.4 Å². The molecule has 6 nitrogen and oxygen atoms in total. The van der Waals surface area contributed by atoms with Crippen LogP contribution in [0.5, 0.6) is 0 Å². The average Bonchev–Trinajstić information content (AvgIpc) is 2.67. The lowest BCUT2D eigenvalue weighted by molar-refractivity contribution is -0.137. The molecule has 0 aliphatic carbocycles. The second kappa shape index (κ2) is 8.02. The average molecular weight is 442 g/mol. The molecule has 0 radical (unpaired) electrons. The van der Waals surface area contributed by atoms with E-state index in [9.17, 15) is 22.4 Å². The van der Waals surface area contributed by atoms with Crippen LogP contribution < -0.4 is 0 Å². The number of rotatable bonds is 3. The molecule has 1 aromatic heterocycles. The van der Waals surface area contributed by atoms with Crippen LogP contribution in [0.15, 0.2) is 36.7 Å². The van der Waals surface area contributed by atoms with Gasteiger partial charge in [-0.1, -0.05) is 23.7 Å². The Morgan fingerprint density at radius 1 is 1.33 bits per heavy atom. The van der Waals surface area contributed by atoms with E-state index in [1.807, 2.05) is 0 Å². The van der Waals surface area contributed by atoms with Crippen molar-refractivity contribution in [2.75, 3.05) is 6.54 Å². The third-order valence-corrected chi connectivity index (χ3v) is 5.13. The van der Waals surface area contributed by atoms with Crippen molar-refractivity contribution in [1.82, 2.24) is 14.8 Å². The number of amides is 1. The minimum Gasteiger partial charge on any atom is -0.327 e. The fourth-order valence-electron chi connectivity index (χ4n) is 3.14. The van der Waals surface area contributed by atoms with E-state index in [1.165, 1.54) is 23.2 Å². The van der Waals surface area contributed by atoms with Gasteiger partial charge in [0.2, 0.25) is 0 Å². The van der Waals surface area contributed by atoms with Crippen molar-refractivity contribution < 1.29 is 22.4 Å². The lowest BCUT2D eigenvalue weighted by Gasteiger charge is -2.40. The molecule has 3 rings (SSSR count). The van der Waals surface area contributed by atoms with Gasteiger partial charge in [-0.15, -0.1) is 0 Å². The summed E-state index contributed by atoms with van der Waals surface area (Å²) in [5, 5.41) is 15.8. The Labute approximate surface area is 174 Å². The minimum absolute atomic E-state index is 0.0243. The normalized spacial score (nSPS) is 17.5. The van der Waals surface area contributed by atoms with E-state index in [0.717, 1.165) is 23.2 Å². The van der Waals surface area contributed by atoms with Gasteiger partial charge in [0.05, 0.1) is 16.8 Å². The van der Waals surface area contributed by atoms with Crippen LogP contribution in [0.3, 0.4) is 0 Å². The number of aromatic nitrogens is 1. The van der Waals surface area contributed by atoms with Gasteiger partial charge in [0.25, 0.3) is 5.91 Å². The number of halogens is 5. The lowest BCUT2D eigenvalue weighted by Crippen LogP contribution is -2.59. The van der Waals surface area contributed by atoms with Crippen molar-refractivity contribution in [3.63, 3.8) is 0 Å². The van der Waals surface area contributed by atoms with E-state index in [0.29, 0.717) is 0 Å². The van der Waals surface area contributed by atoms with Gasteiger partial charge in [0, 0.05) is 30.9 Å². The van der Waals surface area contributed by atoms with Crippen molar-refractivity contribution in [3.05, 3.63) is 64.2 Å². The van der Waals surface area contributed by atoms with E-state index in [1.54, 1.807) is 6.92 Å². The summed E-state index contributed by atoms with van der Waals surface area (Å²) in [5.41, 5.74) is -0.817. The van der Waals surface area contributed by atoms with Crippen molar-refractivity contribution >= 4 is 29.2 Å². The second-order valence-corrected chi connectivity index (χ2v) is 7.14. The van der Waals surface area contributed by atoms with Gasteiger partial charge in [-0.3, -0.25) is 20.6 Å². The van der Waals surface area contributed by atoms with Crippen LogP contribution in [0.1, 0.15) is 23.6 Å². The summed E-state index contributed by atoms with van der Waals surface area (Å²) in [6.45, 7) is 1.43. The zero-order valence-corrected chi connectivity index (χ0v) is 16.4. The van der Waals surface area contributed by atoms with Crippen molar-refractivity contribution in [3.8, 4) is 0 Å². The molecule has 2 N–H and O–H groups in total. The van der Waals surface area contributed by atoms with Crippen LogP contribution in [-0.2, 0) is 17.5 Å². The van der Waals surface area contributed by atoms with Gasteiger partial charge in [0.15, 0.2) is 5.84 Å². The summed E-state index contributed by atoms with van der Waals surface area (Å²) >= 11 is 5.92. The molecule has 11 heteroatoms. The Morgan fingerprint density at radius 3 is 2.67 bits per heavy atom. The molecule has 0 bridgehead atoms. The van der Waals surface area contributed by atoms with Gasteiger partial charge in [-0.2, -0.15) is 13.2 Å². The maximum Gasteiger partial charge on any atom is 0.417 e. The quantitative estimate of drug-likeness (QED) is 0.430. The molecule has 1 atom stereocenters. The number of nitrogens with zero attached hydrogens (tertiary/aromatic N) is 3. The summed E-state index contributed by atoms with van der Waals surface area (Å²) in [6, 6.07) is 3.94. The summed E-state index contributed by atoms with van der Waals surface area (Å²) in [7, 11) is 0. The van der Waals surface area contributed by atoms with Crippen LogP contribution in [0.4, 0.5) is 17.6 Å². The topological polar surface area (TPSA) is 84.1 Å². The van der Waals surface area contributed by atoms with Crippen LogP contribution in [-0.4, -0.2) is 44.9 Å². The second-order valence-electron chi connectivity index (χ2n) is 6.76. The Morgan fingerprint density at radius 2 is 2.03 bits per heavy atom. The van der Waals surface area contributed by atoms with Crippen LogP contribution in [0.2, 0.25) is 5.02 Å². The summed E-state index contributed by atoms with van der Waals surface area (Å²) in [6.07, 6.45) is -2.43. The lowest BCUT2D eigenvalue weighted by atomic mass is 10.1. The molecule has 1 aliphatic heterocycles. The number of nitrogens with one attached hydrogen (secondary N) is 2. The summed E-state index contributed by atoms with van der Waals surface area (Å²) in [5.74, 6) is -2.27. The number of amidine groups is 2. The molecule has 1 aliphatic rings. The molecule has 0 saturated carbocycles. The highest BCUT2D eigenvalue weighted by molar-refractivity contribution is 6.40. The first-order valence-electron chi connectivity index (χ1n) is 8.71. The van der Waals surface area contributed by atoms with Crippen LogP contribution in [0.25, 0.3) is 0 Å². The number of alkyl halides is 3. The highest BCUT2D eigenvalue weighted by Gasteiger charge is 2.38. The number of hydrogen-bond donors (Lipinski definition) is 2. The number of pyridine rings is 1. The van der Waals surface area contributed by atoms with Crippen molar-refractivity contribution in [2.45, 2.75) is 25.7 Å². The first-order chi connectivity index (χ1) is 14.0. The molecule has 158 valence electrons. The SMILES string of the molecule is CC1CN(C(=N)c2cncc(F)c2)C(=N)C(=O)N1Cc1cccc(C(F)(F)F)c1Cl. The number of carbonyl (C=O) groups is 1. The van der Waals surface area contributed by atoms with Gasteiger partial charge in [0.1, 0.15) is 11.7 Å². The maximum atomic E-state index is 13.4. The monoisotopic (exact) mass is 441 g/mol. The third kappa shape index (κ3) is 4.13. The number of carbonyl (C=O) groups excluding carboxylic acids is 1. The summed E-state index contributed by atoms with van der Waals surface area (Å²) < 4.78 is 52.7. The van der Waals surface area contributed by atoms with E-state index >= 15 is 0 Å². The Kier molecular flexibility index (Phi) is 5.80. The fraction of sp³-hybridized carbons (Fsp3) is 0.263. The predicted octanol–water partition coefficient (Wildman–Crippen LogP) is 3.93. The highest BCUT2D eigenvalue weighted by atomic mass is 35.5. The standard InChI is InChI=1S/C19H16ClF4N5O/c1-10-8-29(16(25)12-5-13(21)7-27-6-12)17(26)18(30)28(10)9-11-3-2-4-14(15(11)20)19(22,23)24/h2-7,10,25-26H,8-9H2,1H3. The van der Waals surface area contributed by atoms with Crippen molar-refractivity contribution in [1.29, 1.82) is 10.8 Å². The number of piperazine rings is 1. The molecule has 2 heterocycles. The molecular formula is C19H16ClF4N5O. The van der Waals surface area contributed by atoms with Crippen molar-refractivity contribution in [2.24, 2.45) is 0 Å². The number of hydrogen-bond acceptors (Lipinski definition) is 4. The predicted molar refractivity (Wildman–Crippen MR) is 102 cm³/mol. The first-order valence-corrected chi connectivity index (χ1v) is 9.09. The zero-order valence-electron chi connectivity index (χ0n) is 15.6. The maximum absolute atomic E-state index is 13.4. The third-order valence-electron chi connectivity index (χ3n) is 4.69. The van der Waals surface area contributed by atoms with Crippen LogP contribution >= 0.6 is 11.6 Å². The first kappa shape index (κ1) is 21.7. The smallest absolute Gasteiger partial charge is 0.327 e. The molecule has 1 aromatic carbocycles. The molecule has 0 spiro atoms. The Hall–Kier alpha value is -3.01. The zero-order chi connectivity index (χ0) is 22.2. The molecule has 1 amide bonds. The summed E-state index contributed by atoms with van der Waals surface area (Å²) in [4.78, 5) is 18.7. The number of benzene rings is 1. The van der Waals surface area contributed by atoms with E-state index in [-0.39, 0.29) is 30.1 Å². The van der Waals surface area contributed by atoms with Gasteiger partial charge in [-0.05, 0) is 24.6 Å².